The van der Waals surface area contributed by atoms with Gasteiger partial charge in [0, 0.05) is 12.6 Å². The molecule has 0 N–H and O–H groups in total. The topological polar surface area (TPSA) is 57.7 Å². The second-order valence-electron chi connectivity index (χ2n) is 6.27. The van der Waals surface area contributed by atoms with Crippen LogP contribution >= 0.6 is 0 Å². The van der Waals surface area contributed by atoms with Gasteiger partial charge in [0.25, 0.3) is 0 Å². The van der Waals surface area contributed by atoms with Crippen LogP contribution in [0, 0.1) is 0 Å². The molecule has 1 aromatic rings. The number of likely N-dealkylation sites (tertiary alicyclic amines) is 1. The van der Waals surface area contributed by atoms with E-state index in [1.807, 2.05) is 35.0 Å². The molecule has 2 atom stereocenters. The van der Waals surface area contributed by atoms with Crippen molar-refractivity contribution in [1.82, 2.24) is 9.80 Å². The van der Waals surface area contributed by atoms with Crippen LogP contribution in [0.2, 0.25) is 0 Å². The molecule has 0 aromatic heterocycles. The minimum atomic E-state index is -2.91. The Hall–Kier alpha value is -1.40. The molecule has 0 saturated carbocycles. The molecule has 5 nitrogen and oxygen atoms in total. The minimum Gasteiger partial charge on any atom is -0.334 e. The van der Waals surface area contributed by atoms with E-state index >= 15 is 0 Å². The molecule has 0 radical (unpaired) electrons. The predicted octanol–water partition coefficient (Wildman–Crippen LogP) is 1.08. The van der Waals surface area contributed by atoms with Crippen molar-refractivity contribution in [2.75, 3.05) is 31.6 Å². The maximum atomic E-state index is 12.5. The van der Waals surface area contributed by atoms with E-state index in [0.29, 0.717) is 13.0 Å². The Morgan fingerprint density at radius 1 is 1.27 bits per heavy atom. The number of hydrogen-bond donors (Lipinski definition) is 0. The average Bonchev–Trinajstić information content (AvgIpc) is 2.79. The Bertz CT molecular complexity index is 645. The van der Waals surface area contributed by atoms with Crippen LogP contribution in [0.15, 0.2) is 30.3 Å². The molecule has 0 bridgehead atoms. The number of sulfone groups is 1. The van der Waals surface area contributed by atoms with Crippen LogP contribution in [0.3, 0.4) is 0 Å². The maximum absolute atomic E-state index is 12.5. The molecule has 2 fully saturated rings. The summed E-state index contributed by atoms with van der Waals surface area (Å²) in [5.41, 5.74) is 1.17. The van der Waals surface area contributed by atoms with Crippen molar-refractivity contribution in [2.45, 2.75) is 24.9 Å². The molecule has 3 rings (SSSR count). The monoisotopic (exact) mass is 322 g/mol. The van der Waals surface area contributed by atoms with Gasteiger partial charge in [-0.05, 0) is 25.5 Å². The van der Waals surface area contributed by atoms with E-state index in [9.17, 15) is 13.2 Å². The number of nitrogens with zero attached hydrogens (tertiary/aromatic N) is 2. The highest BCUT2D eigenvalue weighted by Gasteiger charge is 2.36. The summed E-state index contributed by atoms with van der Waals surface area (Å²) in [5.74, 6) is 0.512. The van der Waals surface area contributed by atoms with E-state index in [1.165, 1.54) is 5.56 Å². The molecule has 0 unspecified atom stereocenters. The Labute approximate surface area is 131 Å². The summed E-state index contributed by atoms with van der Waals surface area (Å²) in [4.78, 5) is 16.3. The average molecular weight is 322 g/mol. The Kier molecular flexibility index (Phi) is 4.23. The van der Waals surface area contributed by atoms with Gasteiger partial charge in [0.1, 0.15) is 0 Å². The molecule has 1 amide bonds. The zero-order valence-electron chi connectivity index (χ0n) is 12.8. The summed E-state index contributed by atoms with van der Waals surface area (Å²) >= 11 is 0. The first-order valence-electron chi connectivity index (χ1n) is 7.71. The van der Waals surface area contributed by atoms with Gasteiger partial charge >= 0.3 is 0 Å². The molecular weight excluding hydrogens is 300 g/mol. The SMILES string of the molecule is CN(CC(=O)N1CC[C@@H]1c1ccccc1)[C@@H]1CCS(=O)(=O)C1. The van der Waals surface area contributed by atoms with Crippen LogP contribution in [0.1, 0.15) is 24.4 Å². The second-order valence-corrected chi connectivity index (χ2v) is 8.50. The minimum absolute atomic E-state index is 0.0228. The van der Waals surface area contributed by atoms with Crippen molar-refractivity contribution < 1.29 is 13.2 Å². The smallest absolute Gasteiger partial charge is 0.237 e. The Morgan fingerprint density at radius 2 is 2.00 bits per heavy atom. The number of hydrogen-bond acceptors (Lipinski definition) is 4. The van der Waals surface area contributed by atoms with Gasteiger partial charge in [-0.15, -0.1) is 0 Å². The van der Waals surface area contributed by atoms with Gasteiger partial charge in [0.05, 0.1) is 24.1 Å². The largest absolute Gasteiger partial charge is 0.334 e. The van der Waals surface area contributed by atoms with Crippen LogP contribution in [-0.2, 0) is 14.6 Å². The standard InChI is InChI=1S/C16H22N2O3S/c1-17(14-8-10-22(20,21)12-14)11-16(19)18-9-7-15(18)13-5-3-2-4-6-13/h2-6,14-15H,7-12H2,1H3/t14-,15-/m1/s1. The lowest BCUT2D eigenvalue weighted by molar-refractivity contribution is -0.140. The fraction of sp³-hybridized carbons (Fsp3) is 0.562. The van der Waals surface area contributed by atoms with Gasteiger partial charge in [0.15, 0.2) is 9.84 Å². The van der Waals surface area contributed by atoms with E-state index in [-0.39, 0.29) is 29.5 Å². The number of likely N-dealkylation sites (N-methyl/N-ethyl adjacent to an activating group) is 1. The van der Waals surface area contributed by atoms with Crippen molar-refractivity contribution in [3.8, 4) is 0 Å². The van der Waals surface area contributed by atoms with Crippen LogP contribution in [-0.4, -0.2) is 61.8 Å². The molecule has 2 aliphatic rings. The number of carbonyl (C=O) groups is 1. The van der Waals surface area contributed by atoms with E-state index in [4.69, 9.17) is 0 Å². The van der Waals surface area contributed by atoms with E-state index in [0.717, 1.165) is 13.0 Å². The summed E-state index contributed by atoms with van der Waals surface area (Å²) in [6, 6.07) is 10.2. The van der Waals surface area contributed by atoms with Crippen molar-refractivity contribution >= 4 is 15.7 Å². The summed E-state index contributed by atoms with van der Waals surface area (Å²) in [5, 5.41) is 0. The summed E-state index contributed by atoms with van der Waals surface area (Å²) in [6.07, 6.45) is 1.63. The lowest BCUT2D eigenvalue weighted by Crippen LogP contribution is -2.50. The molecule has 1 aromatic carbocycles. The molecule has 6 heteroatoms. The third-order valence-electron chi connectivity index (χ3n) is 4.74. The molecular formula is C16H22N2O3S. The van der Waals surface area contributed by atoms with Crippen LogP contribution in [0.25, 0.3) is 0 Å². The van der Waals surface area contributed by atoms with Crippen molar-refractivity contribution in [3.05, 3.63) is 35.9 Å². The van der Waals surface area contributed by atoms with Crippen LogP contribution in [0.5, 0.6) is 0 Å². The number of amides is 1. The number of carbonyl (C=O) groups excluding carboxylic acids is 1. The highest BCUT2D eigenvalue weighted by Crippen LogP contribution is 2.33. The fourth-order valence-electron chi connectivity index (χ4n) is 3.26. The summed E-state index contributed by atoms with van der Waals surface area (Å²) in [6.45, 7) is 1.08. The van der Waals surface area contributed by atoms with E-state index in [2.05, 4.69) is 12.1 Å². The van der Waals surface area contributed by atoms with Crippen LogP contribution < -0.4 is 0 Å². The summed E-state index contributed by atoms with van der Waals surface area (Å²) in [7, 11) is -1.06. The Balaban J connectivity index is 1.58. The fourth-order valence-corrected chi connectivity index (χ4v) is 5.07. The van der Waals surface area contributed by atoms with Crippen molar-refractivity contribution in [1.29, 1.82) is 0 Å². The van der Waals surface area contributed by atoms with E-state index in [1.54, 1.807) is 0 Å². The normalized spacial score (nSPS) is 26.9. The van der Waals surface area contributed by atoms with Crippen molar-refractivity contribution in [2.24, 2.45) is 0 Å². The Morgan fingerprint density at radius 3 is 2.55 bits per heavy atom. The van der Waals surface area contributed by atoms with Gasteiger partial charge in [0.2, 0.25) is 5.91 Å². The first kappa shape index (κ1) is 15.5. The van der Waals surface area contributed by atoms with E-state index < -0.39 is 9.84 Å². The predicted molar refractivity (Wildman–Crippen MR) is 85.2 cm³/mol. The zero-order chi connectivity index (χ0) is 15.7. The third kappa shape index (κ3) is 3.17. The second kappa shape index (κ2) is 6.01. The van der Waals surface area contributed by atoms with Gasteiger partial charge < -0.3 is 4.90 Å². The molecule has 2 heterocycles. The molecule has 2 aliphatic heterocycles. The highest BCUT2D eigenvalue weighted by molar-refractivity contribution is 7.91. The van der Waals surface area contributed by atoms with Gasteiger partial charge in [-0.2, -0.15) is 0 Å². The van der Waals surface area contributed by atoms with Gasteiger partial charge in [-0.25, -0.2) is 8.42 Å². The third-order valence-corrected chi connectivity index (χ3v) is 6.49. The first-order chi connectivity index (χ1) is 10.5. The van der Waals surface area contributed by atoms with Gasteiger partial charge in [-0.3, -0.25) is 9.69 Å². The molecule has 22 heavy (non-hydrogen) atoms. The lowest BCUT2D eigenvalue weighted by Gasteiger charge is -2.42. The zero-order valence-corrected chi connectivity index (χ0v) is 13.6. The number of benzene rings is 1. The molecule has 2 saturated heterocycles. The highest BCUT2D eigenvalue weighted by atomic mass is 32.2. The summed E-state index contributed by atoms with van der Waals surface area (Å²) < 4.78 is 23.1. The first-order valence-corrected chi connectivity index (χ1v) is 9.53. The lowest BCUT2D eigenvalue weighted by atomic mass is 9.94. The van der Waals surface area contributed by atoms with Gasteiger partial charge in [-0.1, -0.05) is 30.3 Å². The van der Waals surface area contributed by atoms with Crippen molar-refractivity contribution in [3.63, 3.8) is 0 Å². The quantitative estimate of drug-likeness (QED) is 0.832. The van der Waals surface area contributed by atoms with Crippen LogP contribution in [0.4, 0.5) is 0 Å². The maximum Gasteiger partial charge on any atom is 0.237 e. The molecule has 120 valence electrons. The number of rotatable bonds is 4. The molecule has 0 spiro atoms. The molecule has 0 aliphatic carbocycles.